The average Bonchev–Trinajstić information content (AvgIpc) is 2.74. The Kier molecular flexibility index (Phi) is 2.54. The zero-order chi connectivity index (χ0) is 11.8. The van der Waals surface area contributed by atoms with Gasteiger partial charge in [-0.2, -0.15) is 0 Å². The summed E-state index contributed by atoms with van der Waals surface area (Å²) in [6.07, 6.45) is 0. The first-order valence-electron chi connectivity index (χ1n) is 5.05. The fourth-order valence-corrected chi connectivity index (χ4v) is 2.06. The lowest BCUT2D eigenvalue weighted by Crippen LogP contribution is -1.75. The van der Waals surface area contributed by atoms with Crippen LogP contribution in [-0.4, -0.2) is 4.98 Å². The smallest absolute Gasteiger partial charge is 0.227 e. The van der Waals surface area contributed by atoms with E-state index < -0.39 is 0 Å². The minimum Gasteiger partial charge on any atom is -0.435 e. The van der Waals surface area contributed by atoms with Gasteiger partial charge in [-0.3, -0.25) is 0 Å². The number of oxazole rings is 1. The molecule has 4 heteroatoms. The van der Waals surface area contributed by atoms with Crippen molar-refractivity contribution in [2.45, 2.75) is 0 Å². The molecule has 0 aliphatic rings. The van der Waals surface area contributed by atoms with Crippen LogP contribution in [0.2, 0.25) is 10.0 Å². The van der Waals surface area contributed by atoms with Crippen molar-refractivity contribution < 1.29 is 4.42 Å². The SMILES string of the molecule is Clc1cccc(-c2nc3cccc(Cl)c3o2)c1. The molecule has 0 fully saturated rings. The van der Waals surface area contributed by atoms with Gasteiger partial charge in [0.2, 0.25) is 5.89 Å². The highest BCUT2D eigenvalue weighted by atomic mass is 35.5. The van der Waals surface area contributed by atoms with Gasteiger partial charge in [0, 0.05) is 10.6 Å². The number of aromatic nitrogens is 1. The monoisotopic (exact) mass is 263 g/mol. The molecule has 0 bridgehead atoms. The summed E-state index contributed by atoms with van der Waals surface area (Å²) < 4.78 is 5.64. The Labute approximate surface area is 108 Å². The van der Waals surface area contributed by atoms with Gasteiger partial charge in [0.15, 0.2) is 5.58 Å². The summed E-state index contributed by atoms with van der Waals surface area (Å²) in [5.41, 5.74) is 2.18. The third kappa shape index (κ3) is 1.90. The molecule has 2 nitrogen and oxygen atoms in total. The van der Waals surface area contributed by atoms with Crippen molar-refractivity contribution in [1.29, 1.82) is 0 Å². The standard InChI is InChI=1S/C13H7Cl2NO/c14-9-4-1-3-8(7-9)13-16-11-6-2-5-10(15)12(11)17-13/h1-7H. The van der Waals surface area contributed by atoms with E-state index >= 15 is 0 Å². The molecular formula is C13H7Cl2NO. The number of halogens is 2. The van der Waals surface area contributed by atoms with Crippen molar-refractivity contribution in [3.05, 3.63) is 52.5 Å². The minimum atomic E-state index is 0.524. The van der Waals surface area contributed by atoms with E-state index in [1.54, 1.807) is 18.2 Å². The van der Waals surface area contributed by atoms with Crippen LogP contribution in [-0.2, 0) is 0 Å². The molecule has 0 saturated carbocycles. The van der Waals surface area contributed by atoms with E-state index in [0.29, 0.717) is 21.5 Å². The van der Waals surface area contributed by atoms with Crippen LogP contribution in [0.3, 0.4) is 0 Å². The molecule has 3 rings (SSSR count). The normalized spacial score (nSPS) is 10.9. The molecule has 3 aromatic rings. The van der Waals surface area contributed by atoms with Crippen LogP contribution in [0.25, 0.3) is 22.6 Å². The van der Waals surface area contributed by atoms with Crippen LogP contribution in [0.1, 0.15) is 0 Å². The van der Waals surface area contributed by atoms with Crippen LogP contribution in [0.4, 0.5) is 0 Å². The first-order valence-corrected chi connectivity index (χ1v) is 5.80. The first kappa shape index (κ1) is 10.6. The van der Waals surface area contributed by atoms with Gasteiger partial charge in [0.1, 0.15) is 5.52 Å². The van der Waals surface area contributed by atoms with Crippen molar-refractivity contribution in [1.82, 2.24) is 4.98 Å². The summed E-state index contributed by atoms with van der Waals surface area (Å²) in [7, 11) is 0. The van der Waals surface area contributed by atoms with Crippen LogP contribution in [0.15, 0.2) is 46.9 Å². The Morgan fingerprint density at radius 1 is 1.00 bits per heavy atom. The molecule has 1 heterocycles. The molecule has 0 aliphatic carbocycles. The van der Waals surface area contributed by atoms with Gasteiger partial charge in [0.25, 0.3) is 0 Å². The molecule has 0 unspecified atom stereocenters. The average molecular weight is 264 g/mol. The maximum atomic E-state index is 6.03. The molecule has 0 saturated heterocycles. The molecule has 0 spiro atoms. The Balaban J connectivity index is 2.22. The number of benzene rings is 2. The maximum Gasteiger partial charge on any atom is 0.227 e. The number of hydrogen-bond donors (Lipinski definition) is 0. The number of fused-ring (bicyclic) bond motifs is 1. The van der Waals surface area contributed by atoms with E-state index in [2.05, 4.69) is 4.98 Å². The van der Waals surface area contributed by atoms with E-state index in [9.17, 15) is 0 Å². The molecule has 17 heavy (non-hydrogen) atoms. The summed E-state index contributed by atoms with van der Waals surface area (Å²) >= 11 is 12.0. The summed E-state index contributed by atoms with van der Waals surface area (Å²) in [4.78, 5) is 4.38. The highest BCUT2D eigenvalue weighted by Crippen LogP contribution is 2.29. The molecule has 0 N–H and O–H groups in total. The highest BCUT2D eigenvalue weighted by molar-refractivity contribution is 6.34. The maximum absolute atomic E-state index is 6.03. The molecule has 0 radical (unpaired) electrons. The lowest BCUT2D eigenvalue weighted by molar-refractivity contribution is 0.620. The molecule has 0 amide bonds. The van der Waals surface area contributed by atoms with Crippen molar-refractivity contribution in [2.75, 3.05) is 0 Å². The van der Waals surface area contributed by atoms with Gasteiger partial charge < -0.3 is 4.42 Å². The van der Waals surface area contributed by atoms with E-state index in [1.165, 1.54) is 0 Å². The van der Waals surface area contributed by atoms with Crippen molar-refractivity contribution in [3.8, 4) is 11.5 Å². The summed E-state index contributed by atoms with van der Waals surface area (Å²) in [5, 5.41) is 1.21. The van der Waals surface area contributed by atoms with Crippen molar-refractivity contribution in [2.24, 2.45) is 0 Å². The van der Waals surface area contributed by atoms with Crippen molar-refractivity contribution in [3.63, 3.8) is 0 Å². The fraction of sp³-hybridized carbons (Fsp3) is 0. The Hall–Kier alpha value is -1.51. The Morgan fingerprint density at radius 3 is 2.59 bits per heavy atom. The Morgan fingerprint density at radius 2 is 1.82 bits per heavy atom. The van der Waals surface area contributed by atoms with Crippen LogP contribution in [0.5, 0.6) is 0 Å². The van der Waals surface area contributed by atoms with E-state index in [0.717, 1.165) is 11.1 Å². The van der Waals surface area contributed by atoms with Gasteiger partial charge >= 0.3 is 0 Å². The summed E-state index contributed by atoms with van der Waals surface area (Å²) in [5.74, 6) is 0.524. The molecular weight excluding hydrogens is 257 g/mol. The van der Waals surface area contributed by atoms with Gasteiger partial charge in [0.05, 0.1) is 5.02 Å². The second-order valence-corrected chi connectivity index (χ2v) is 4.46. The van der Waals surface area contributed by atoms with Crippen molar-refractivity contribution >= 4 is 34.3 Å². The lowest BCUT2D eigenvalue weighted by atomic mass is 10.2. The Bertz CT molecular complexity index is 691. The predicted molar refractivity (Wildman–Crippen MR) is 69.5 cm³/mol. The van der Waals surface area contributed by atoms with Gasteiger partial charge in [-0.1, -0.05) is 35.3 Å². The number of nitrogens with zero attached hydrogens (tertiary/aromatic N) is 1. The third-order valence-electron chi connectivity index (χ3n) is 2.44. The number of rotatable bonds is 1. The zero-order valence-electron chi connectivity index (χ0n) is 8.65. The molecule has 84 valence electrons. The molecule has 0 atom stereocenters. The zero-order valence-corrected chi connectivity index (χ0v) is 10.2. The second kappa shape index (κ2) is 4.06. The van der Waals surface area contributed by atoms with Crippen LogP contribution in [0, 0.1) is 0 Å². The largest absolute Gasteiger partial charge is 0.435 e. The fourth-order valence-electron chi connectivity index (χ4n) is 1.66. The van der Waals surface area contributed by atoms with Gasteiger partial charge in [-0.05, 0) is 30.3 Å². The number of para-hydroxylation sites is 1. The van der Waals surface area contributed by atoms with E-state index in [-0.39, 0.29) is 0 Å². The van der Waals surface area contributed by atoms with Crippen LogP contribution >= 0.6 is 23.2 Å². The molecule has 1 aromatic heterocycles. The quantitative estimate of drug-likeness (QED) is 0.630. The van der Waals surface area contributed by atoms with Crippen LogP contribution < -0.4 is 0 Å². The third-order valence-corrected chi connectivity index (χ3v) is 2.97. The van der Waals surface area contributed by atoms with E-state index in [1.807, 2.05) is 24.3 Å². The number of hydrogen-bond acceptors (Lipinski definition) is 2. The summed E-state index contributed by atoms with van der Waals surface area (Å²) in [6.45, 7) is 0. The van der Waals surface area contributed by atoms with E-state index in [4.69, 9.17) is 27.6 Å². The lowest BCUT2D eigenvalue weighted by Gasteiger charge is -1.94. The summed E-state index contributed by atoms with van der Waals surface area (Å²) in [6, 6.07) is 12.8. The minimum absolute atomic E-state index is 0.524. The highest BCUT2D eigenvalue weighted by Gasteiger charge is 2.10. The van der Waals surface area contributed by atoms with Gasteiger partial charge in [-0.15, -0.1) is 0 Å². The van der Waals surface area contributed by atoms with Gasteiger partial charge in [-0.25, -0.2) is 4.98 Å². The molecule has 2 aromatic carbocycles. The molecule has 0 aliphatic heterocycles. The second-order valence-electron chi connectivity index (χ2n) is 3.62. The topological polar surface area (TPSA) is 26.0 Å². The first-order chi connectivity index (χ1) is 8.24. The predicted octanol–water partition coefficient (Wildman–Crippen LogP) is 4.80.